The van der Waals surface area contributed by atoms with Crippen LogP contribution >= 0.6 is 0 Å². The molecule has 1 heterocycles. The van der Waals surface area contributed by atoms with Gasteiger partial charge in [-0.3, -0.25) is 9.78 Å². The van der Waals surface area contributed by atoms with Gasteiger partial charge >= 0.3 is 0 Å². The number of carbonyl (C=O) groups excluding carboxylic acids is 1. The van der Waals surface area contributed by atoms with E-state index in [1.165, 1.54) is 0 Å². The van der Waals surface area contributed by atoms with Crippen LogP contribution in [0.3, 0.4) is 0 Å². The monoisotopic (exact) mass is 177 g/mol. The molecule has 0 aliphatic rings. The van der Waals surface area contributed by atoms with Crippen molar-refractivity contribution in [2.24, 2.45) is 5.10 Å². The first-order valence-corrected chi connectivity index (χ1v) is 4.04. The van der Waals surface area contributed by atoms with E-state index in [9.17, 15) is 4.79 Å². The summed E-state index contributed by atoms with van der Waals surface area (Å²) in [5, 5.41) is 3.89. The van der Waals surface area contributed by atoms with E-state index in [-0.39, 0.29) is 0 Å². The lowest BCUT2D eigenvalue weighted by atomic mass is 10.1. The molecule has 0 spiro atoms. The van der Waals surface area contributed by atoms with E-state index in [1.807, 2.05) is 19.1 Å². The van der Waals surface area contributed by atoms with Crippen molar-refractivity contribution in [2.75, 3.05) is 0 Å². The summed E-state index contributed by atoms with van der Waals surface area (Å²) in [5.41, 5.74) is 4.03. The molecule has 13 heavy (non-hydrogen) atoms. The van der Waals surface area contributed by atoms with E-state index >= 15 is 0 Å². The summed E-state index contributed by atoms with van der Waals surface area (Å²) < 4.78 is 0. The number of carbonyl (C=O) groups is 1. The van der Waals surface area contributed by atoms with Gasteiger partial charge in [0.25, 0.3) is 0 Å². The Labute approximate surface area is 76.7 Å². The molecular formula is C9H11N3O. The van der Waals surface area contributed by atoms with Crippen LogP contribution in [0.2, 0.25) is 0 Å². The second kappa shape index (κ2) is 5.03. The Morgan fingerprint density at radius 3 is 3.15 bits per heavy atom. The SMILES string of the molecule is CCC(=NNC=O)c1cccnc1. The molecule has 0 aromatic carbocycles. The highest BCUT2D eigenvalue weighted by atomic mass is 16.1. The minimum atomic E-state index is 0.548. The predicted octanol–water partition coefficient (Wildman–Crippen LogP) is 0.942. The Balaban J connectivity index is 2.84. The number of aromatic nitrogens is 1. The zero-order valence-electron chi connectivity index (χ0n) is 7.40. The summed E-state index contributed by atoms with van der Waals surface area (Å²) in [4.78, 5) is 14.0. The van der Waals surface area contributed by atoms with Crippen molar-refractivity contribution in [1.29, 1.82) is 0 Å². The third-order valence-electron chi connectivity index (χ3n) is 1.58. The zero-order valence-corrected chi connectivity index (χ0v) is 7.40. The number of nitrogens with one attached hydrogen (secondary N) is 1. The van der Waals surface area contributed by atoms with Gasteiger partial charge < -0.3 is 0 Å². The standard InChI is InChI=1S/C9H11N3O/c1-2-9(12-11-7-13)8-4-3-5-10-6-8/h3-7H,2H2,1H3,(H,11,13). The topological polar surface area (TPSA) is 54.4 Å². The molecule has 4 heteroatoms. The molecular weight excluding hydrogens is 166 g/mol. The molecule has 1 rings (SSSR count). The number of rotatable bonds is 4. The molecule has 0 unspecified atom stereocenters. The minimum Gasteiger partial charge on any atom is -0.277 e. The van der Waals surface area contributed by atoms with E-state index in [1.54, 1.807) is 12.4 Å². The highest BCUT2D eigenvalue weighted by molar-refractivity contribution is 6.00. The van der Waals surface area contributed by atoms with Crippen molar-refractivity contribution < 1.29 is 4.79 Å². The molecule has 1 amide bonds. The van der Waals surface area contributed by atoms with Crippen LogP contribution in [0.1, 0.15) is 18.9 Å². The molecule has 0 fully saturated rings. The predicted molar refractivity (Wildman–Crippen MR) is 50.3 cm³/mol. The Hall–Kier alpha value is -1.71. The largest absolute Gasteiger partial charge is 0.277 e. The molecule has 0 bridgehead atoms. The zero-order chi connectivity index (χ0) is 9.52. The molecule has 4 nitrogen and oxygen atoms in total. The van der Waals surface area contributed by atoms with Crippen molar-refractivity contribution in [3.8, 4) is 0 Å². The third kappa shape index (κ3) is 2.66. The minimum absolute atomic E-state index is 0.548. The molecule has 0 saturated heterocycles. The second-order valence-electron chi connectivity index (χ2n) is 2.40. The van der Waals surface area contributed by atoms with E-state index in [4.69, 9.17) is 0 Å². The summed E-state index contributed by atoms with van der Waals surface area (Å²) in [6.07, 6.45) is 4.72. The Morgan fingerprint density at radius 1 is 1.77 bits per heavy atom. The quantitative estimate of drug-likeness (QED) is 0.423. The van der Waals surface area contributed by atoms with Crippen molar-refractivity contribution in [3.05, 3.63) is 30.1 Å². The van der Waals surface area contributed by atoms with E-state index < -0.39 is 0 Å². The lowest BCUT2D eigenvalue weighted by Gasteiger charge is -2.01. The Bertz CT molecular complexity index is 295. The van der Waals surface area contributed by atoms with Gasteiger partial charge in [0, 0.05) is 18.0 Å². The number of pyridine rings is 1. The molecule has 68 valence electrons. The van der Waals surface area contributed by atoms with Crippen LogP contribution in [-0.4, -0.2) is 17.1 Å². The molecule has 0 radical (unpaired) electrons. The van der Waals surface area contributed by atoms with Crippen LogP contribution in [0.4, 0.5) is 0 Å². The number of hydrazone groups is 1. The van der Waals surface area contributed by atoms with Crippen LogP contribution in [0.25, 0.3) is 0 Å². The van der Waals surface area contributed by atoms with Crippen LogP contribution in [0.5, 0.6) is 0 Å². The lowest BCUT2D eigenvalue weighted by molar-refractivity contribution is -0.109. The number of hydrogen-bond donors (Lipinski definition) is 1. The van der Waals surface area contributed by atoms with Gasteiger partial charge in [0.05, 0.1) is 5.71 Å². The molecule has 1 aromatic rings. The van der Waals surface area contributed by atoms with Crippen LogP contribution < -0.4 is 5.43 Å². The van der Waals surface area contributed by atoms with Gasteiger partial charge in [0.2, 0.25) is 6.41 Å². The third-order valence-corrected chi connectivity index (χ3v) is 1.58. The molecule has 0 saturated carbocycles. The maximum atomic E-state index is 10.0. The number of hydrogen-bond acceptors (Lipinski definition) is 3. The van der Waals surface area contributed by atoms with E-state index in [0.29, 0.717) is 6.41 Å². The lowest BCUT2D eigenvalue weighted by Crippen LogP contribution is -2.08. The van der Waals surface area contributed by atoms with Crippen LogP contribution in [0.15, 0.2) is 29.6 Å². The maximum absolute atomic E-state index is 10.0. The summed E-state index contributed by atoms with van der Waals surface area (Å²) in [6.45, 7) is 1.97. The summed E-state index contributed by atoms with van der Waals surface area (Å²) in [7, 11) is 0. The molecule has 1 N–H and O–H groups in total. The molecule has 0 atom stereocenters. The summed E-state index contributed by atoms with van der Waals surface area (Å²) in [6, 6.07) is 3.74. The smallest absolute Gasteiger partial charge is 0.227 e. The Morgan fingerprint density at radius 2 is 2.62 bits per heavy atom. The summed E-state index contributed by atoms with van der Waals surface area (Å²) >= 11 is 0. The Kier molecular flexibility index (Phi) is 3.63. The number of amides is 1. The summed E-state index contributed by atoms with van der Waals surface area (Å²) in [5.74, 6) is 0. The molecule has 0 aliphatic heterocycles. The van der Waals surface area contributed by atoms with E-state index in [2.05, 4.69) is 15.5 Å². The molecule has 1 aromatic heterocycles. The van der Waals surface area contributed by atoms with Gasteiger partial charge in [0.15, 0.2) is 0 Å². The first-order valence-electron chi connectivity index (χ1n) is 4.04. The van der Waals surface area contributed by atoms with Gasteiger partial charge in [-0.2, -0.15) is 5.10 Å². The van der Waals surface area contributed by atoms with Gasteiger partial charge in [0.1, 0.15) is 0 Å². The van der Waals surface area contributed by atoms with Crippen molar-refractivity contribution in [1.82, 2.24) is 10.4 Å². The highest BCUT2D eigenvalue weighted by Crippen LogP contribution is 2.01. The van der Waals surface area contributed by atoms with Gasteiger partial charge in [-0.05, 0) is 12.5 Å². The van der Waals surface area contributed by atoms with Crippen LogP contribution in [0, 0.1) is 0 Å². The van der Waals surface area contributed by atoms with Crippen molar-refractivity contribution in [2.45, 2.75) is 13.3 Å². The van der Waals surface area contributed by atoms with Crippen molar-refractivity contribution in [3.63, 3.8) is 0 Å². The fraction of sp³-hybridized carbons (Fsp3) is 0.222. The maximum Gasteiger partial charge on any atom is 0.227 e. The second-order valence-corrected chi connectivity index (χ2v) is 2.40. The first-order chi connectivity index (χ1) is 6.38. The van der Waals surface area contributed by atoms with Crippen LogP contribution in [-0.2, 0) is 4.79 Å². The average molecular weight is 177 g/mol. The van der Waals surface area contributed by atoms with E-state index in [0.717, 1.165) is 17.7 Å². The highest BCUT2D eigenvalue weighted by Gasteiger charge is 1.99. The normalized spacial score (nSPS) is 11.0. The van der Waals surface area contributed by atoms with Gasteiger partial charge in [-0.25, -0.2) is 5.43 Å². The number of nitrogens with zero attached hydrogens (tertiary/aromatic N) is 2. The fourth-order valence-corrected chi connectivity index (χ4v) is 0.985. The first kappa shape index (κ1) is 9.38. The average Bonchev–Trinajstić information content (AvgIpc) is 2.21. The van der Waals surface area contributed by atoms with Crippen molar-refractivity contribution >= 4 is 12.1 Å². The molecule has 0 aliphatic carbocycles. The fourth-order valence-electron chi connectivity index (χ4n) is 0.985. The van der Waals surface area contributed by atoms with Gasteiger partial charge in [-0.15, -0.1) is 0 Å². The van der Waals surface area contributed by atoms with Gasteiger partial charge in [-0.1, -0.05) is 13.0 Å².